The van der Waals surface area contributed by atoms with Gasteiger partial charge in [-0.2, -0.15) is 15.4 Å². The maximum atomic E-state index is 9.15. The van der Waals surface area contributed by atoms with Crippen molar-refractivity contribution in [2.24, 2.45) is 0 Å². The molecule has 0 saturated heterocycles. The molecule has 1 atom stereocenters. The molecule has 3 N–H and O–H groups in total. The lowest BCUT2D eigenvalue weighted by molar-refractivity contribution is 0.214. The molecule has 1 heterocycles. The minimum absolute atomic E-state index is 0.0817. The van der Waals surface area contributed by atoms with Crippen LogP contribution in [0.2, 0.25) is 0 Å². The number of nitrogens with zero attached hydrogens (tertiary/aromatic N) is 2. The summed E-state index contributed by atoms with van der Waals surface area (Å²) >= 11 is 0. The van der Waals surface area contributed by atoms with Crippen LogP contribution >= 0.6 is 0 Å². The number of H-pyrrole nitrogens is 1. The number of aliphatic hydroxyl groups excluding tert-OH is 1. The van der Waals surface area contributed by atoms with Crippen molar-refractivity contribution in [1.29, 1.82) is 0 Å². The van der Waals surface area contributed by atoms with Crippen LogP contribution in [0.3, 0.4) is 0 Å². The molecule has 0 aliphatic heterocycles. The summed E-state index contributed by atoms with van der Waals surface area (Å²) in [6.07, 6.45) is 1.67. The van der Waals surface area contributed by atoms with Crippen molar-refractivity contribution < 1.29 is 5.11 Å². The van der Waals surface area contributed by atoms with Gasteiger partial charge in [-0.1, -0.05) is 37.3 Å². The zero-order valence-corrected chi connectivity index (χ0v) is 12.1. The fourth-order valence-electron chi connectivity index (χ4n) is 2.14. The summed E-state index contributed by atoms with van der Waals surface area (Å²) in [6.45, 7) is 5.04. The molecule has 0 amide bonds. The van der Waals surface area contributed by atoms with Gasteiger partial charge in [0.2, 0.25) is 0 Å². The molecule has 5 heteroatoms. The van der Waals surface area contributed by atoms with E-state index in [0.717, 1.165) is 29.8 Å². The second kappa shape index (κ2) is 6.63. The standard InChI is InChI=1S/C15H22N4O/c1-3-15(2,9-10-20)16-11-13-14(18-19-17-13)12-7-5-4-6-8-12/h4-8,16,20H,3,9-11H2,1-2H3,(H,17,18,19). The number of aliphatic hydroxyl groups is 1. The maximum Gasteiger partial charge on any atom is 0.117 e. The van der Waals surface area contributed by atoms with Crippen molar-refractivity contribution in [3.8, 4) is 11.3 Å². The van der Waals surface area contributed by atoms with Gasteiger partial charge in [0, 0.05) is 24.3 Å². The lowest BCUT2D eigenvalue weighted by atomic mass is 9.94. The number of aromatic amines is 1. The van der Waals surface area contributed by atoms with Crippen molar-refractivity contribution >= 4 is 0 Å². The Morgan fingerprint density at radius 2 is 2.00 bits per heavy atom. The Hall–Kier alpha value is -1.72. The second-order valence-electron chi connectivity index (χ2n) is 5.23. The van der Waals surface area contributed by atoms with Crippen molar-refractivity contribution in [1.82, 2.24) is 20.7 Å². The molecule has 0 radical (unpaired) electrons. The van der Waals surface area contributed by atoms with E-state index >= 15 is 0 Å². The van der Waals surface area contributed by atoms with Crippen LogP contribution in [0.15, 0.2) is 30.3 Å². The van der Waals surface area contributed by atoms with Gasteiger partial charge >= 0.3 is 0 Å². The van der Waals surface area contributed by atoms with Gasteiger partial charge < -0.3 is 10.4 Å². The molecule has 0 aliphatic rings. The summed E-state index contributed by atoms with van der Waals surface area (Å²) in [5, 5.41) is 23.8. The first-order valence-electron chi connectivity index (χ1n) is 6.99. The van der Waals surface area contributed by atoms with Crippen molar-refractivity contribution in [3.05, 3.63) is 36.0 Å². The normalized spacial score (nSPS) is 14.2. The molecule has 0 saturated carbocycles. The van der Waals surface area contributed by atoms with Crippen LogP contribution in [0.5, 0.6) is 0 Å². The Labute approximate surface area is 119 Å². The molecular weight excluding hydrogens is 252 g/mol. The first kappa shape index (κ1) is 14.7. The number of benzene rings is 1. The van der Waals surface area contributed by atoms with Crippen LogP contribution in [0.25, 0.3) is 11.3 Å². The molecule has 108 valence electrons. The summed E-state index contributed by atoms with van der Waals surface area (Å²) in [6, 6.07) is 10.0. The van der Waals surface area contributed by atoms with Crippen LogP contribution < -0.4 is 5.32 Å². The Bertz CT molecular complexity index is 526. The number of hydrogen-bond acceptors (Lipinski definition) is 4. The van der Waals surface area contributed by atoms with Crippen LogP contribution in [0, 0.1) is 0 Å². The lowest BCUT2D eigenvalue weighted by Crippen LogP contribution is -2.42. The van der Waals surface area contributed by atoms with Crippen molar-refractivity contribution in [2.45, 2.75) is 38.8 Å². The second-order valence-corrected chi connectivity index (χ2v) is 5.23. The smallest absolute Gasteiger partial charge is 0.117 e. The van der Waals surface area contributed by atoms with E-state index in [4.69, 9.17) is 5.11 Å². The maximum absolute atomic E-state index is 9.15. The van der Waals surface area contributed by atoms with Crippen molar-refractivity contribution in [2.75, 3.05) is 6.61 Å². The average Bonchev–Trinajstić information content (AvgIpc) is 2.95. The van der Waals surface area contributed by atoms with Gasteiger partial charge in [0.1, 0.15) is 11.4 Å². The molecule has 2 rings (SSSR count). The third-order valence-corrected chi connectivity index (χ3v) is 3.79. The molecule has 0 aliphatic carbocycles. The third kappa shape index (κ3) is 3.43. The van der Waals surface area contributed by atoms with E-state index in [0.29, 0.717) is 6.54 Å². The molecule has 5 nitrogen and oxygen atoms in total. The van der Waals surface area contributed by atoms with E-state index in [9.17, 15) is 0 Å². The number of nitrogens with one attached hydrogen (secondary N) is 2. The fourth-order valence-corrected chi connectivity index (χ4v) is 2.14. The zero-order valence-electron chi connectivity index (χ0n) is 12.1. The highest BCUT2D eigenvalue weighted by Crippen LogP contribution is 2.20. The molecule has 1 aromatic carbocycles. The summed E-state index contributed by atoms with van der Waals surface area (Å²) in [5.41, 5.74) is 2.74. The minimum Gasteiger partial charge on any atom is -0.396 e. The van der Waals surface area contributed by atoms with Gasteiger partial charge in [0.25, 0.3) is 0 Å². The highest BCUT2D eigenvalue weighted by Gasteiger charge is 2.21. The van der Waals surface area contributed by atoms with E-state index in [1.165, 1.54) is 0 Å². The van der Waals surface area contributed by atoms with Crippen molar-refractivity contribution in [3.63, 3.8) is 0 Å². The van der Waals surface area contributed by atoms with Gasteiger partial charge in [-0.05, 0) is 19.8 Å². The summed E-state index contributed by atoms with van der Waals surface area (Å²) in [5.74, 6) is 0. The highest BCUT2D eigenvalue weighted by atomic mass is 16.3. The third-order valence-electron chi connectivity index (χ3n) is 3.79. The lowest BCUT2D eigenvalue weighted by Gasteiger charge is -2.28. The van der Waals surface area contributed by atoms with Crippen LogP contribution in [0.1, 0.15) is 32.4 Å². The topological polar surface area (TPSA) is 73.8 Å². The largest absolute Gasteiger partial charge is 0.396 e. The Kier molecular flexibility index (Phi) is 4.87. The molecular formula is C15H22N4O. The SMILES string of the molecule is CCC(C)(CCO)NCc1n[nH]nc1-c1ccccc1. The molecule has 1 aromatic heterocycles. The van der Waals surface area contributed by atoms with Gasteiger partial charge in [-0.3, -0.25) is 0 Å². The summed E-state index contributed by atoms with van der Waals surface area (Å²) in [7, 11) is 0. The molecule has 0 bridgehead atoms. The Morgan fingerprint density at radius 1 is 1.25 bits per heavy atom. The van der Waals surface area contributed by atoms with Crippen LogP contribution in [-0.4, -0.2) is 32.7 Å². The summed E-state index contributed by atoms with van der Waals surface area (Å²) < 4.78 is 0. The van der Waals surface area contributed by atoms with Gasteiger partial charge in [-0.15, -0.1) is 0 Å². The monoisotopic (exact) mass is 274 g/mol. The van der Waals surface area contributed by atoms with E-state index in [1.807, 2.05) is 30.3 Å². The zero-order chi connectivity index (χ0) is 14.4. The summed E-state index contributed by atoms with van der Waals surface area (Å²) in [4.78, 5) is 0. The average molecular weight is 274 g/mol. The molecule has 0 fully saturated rings. The molecule has 20 heavy (non-hydrogen) atoms. The molecule has 0 spiro atoms. The first-order valence-corrected chi connectivity index (χ1v) is 6.99. The molecule has 2 aromatic rings. The first-order chi connectivity index (χ1) is 9.68. The number of rotatable bonds is 7. The fraction of sp³-hybridized carbons (Fsp3) is 0.467. The van der Waals surface area contributed by atoms with Gasteiger partial charge in [0.15, 0.2) is 0 Å². The Morgan fingerprint density at radius 3 is 2.65 bits per heavy atom. The van der Waals surface area contributed by atoms with Crippen LogP contribution in [-0.2, 0) is 6.54 Å². The quantitative estimate of drug-likeness (QED) is 0.723. The number of hydrogen-bond donors (Lipinski definition) is 3. The Balaban J connectivity index is 2.10. The highest BCUT2D eigenvalue weighted by molar-refractivity contribution is 5.60. The van der Waals surface area contributed by atoms with E-state index in [1.54, 1.807) is 0 Å². The number of aromatic nitrogens is 3. The van der Waals surface area contributed by atoms with Gasteiger partial charge in [-0.25, -0.2) is 0 Å². The predicted octanol–water partition coefficient (Wildman–Crippen LogP) is 2.11. The van der Waals surface area contributed by atoms with E-state index in [-0.39, 0.29) is 12.1 Å². The van der Waals surface area contributed by atoms with Gasteiger partial charge in [0.05, 0.1) is 0 Å². The predicted molar refractivity (Wildman–Crippen MR) is 79.1 cm³/mol. The van der Waals surface area contributed by atoms with Crippen LogP contribution in [0.4, 0.5) is 0 Å². The van der Waals surface area contributed by atoms with E-state index < -0.39 is 0 Å². The minimum atomic E-state index is -0.0817. The van der Waals surface area contributed by atoms with E-state index in [2.05, 4.69) is 34.6 Å². The molecule has 1 unspecified atom stereocenters.